The Kier molecular flexibility index (Phi) is 8.29. The molecule has 0 saturated carbocycles. The van der Waals surface area contributed by atoms with Crippen LogP contribution < -0.4 is 0 Å². The van der Waals surface area contributed by atoms with Gasteiger partial charge in [-0.3, -0.25) is 0 Å². The lowest BCUT2D eigenvalue weighted by atomic mass is 9.82. The van der Waals surface area contributed by atoms with Gasteiger partial charge in [0, 0.05) is 33.0 Å². The van der Waals surface area contributed by atoms with Crippen molar-refractivity contribution in [1.29, 1.82) is 0 Å². The molecular formula is C55H37N3. The second-order valence-electron chi connectivity index (χ2n) is 15.1. The predicted octanol–water partition coefficient (Wildman–Crippen LogP) is 13.7. The highest BCUT2D eigenvalue weighted by atomic mass is 14.9. The van der Waals surface area contributed by atoms with Crippen LogP contribution >= 0.6 is 0 Å². The Balaban J connectivity index is 1.14. The van der Waals surface area contributed by atoms with Gasteiger partial charge >= 0.3 is 0 Å². The van der Waals surface area contributed by atoms with Crippen molar-refractivity contribution in [3.63, 3.8) is 0 Å². The summed E-state index contributed by atoms with van der Waals surface area (Å²) in [7, 11) is 0. The van der Waals surface area contributed by atoms with Gasteiger partial charge in [0.15, 0.2) is 5.82 Å². The minimum atomic E-state index is 0.699. The molecule has 2 aromatic heterocycles. The number of benzene rings is 8. The number of fused-ring (bicyclic) bond motifs is 9. The van der Waals surface area contributed by atoms with Gasteiger partial charge < -0.3 is 0 Å². The molecule has 10 aromatic rings. The minimum Gasteiger partial charge on any atom is -0.247 e. The highest BCUT2D eigenvalue weighted by molar-refractivity contribution is 6.12. The van der Waals surface area contributed by atoms with Crippen LogP contribution in [0.3, 0.4) is 0 Å². The zero-order chi connectivity index (χ0) is 38.4. The number of nitrogens with zero attached hydrogens (tertiary/aromatic N) is 3. The fourth-order valence-corrected chi connectivity index (χ4v) is 8.78. The van der Waals surface area contributed by atoms with Crippen molar-refractivity contribution < 1.29 is 0 Å². The van der Waals surface area contributed by atoms with E-state index in [0.29, 0.717) is 5.82 Å². The van der Waals surface area contributed by atoms with E-state index >= 15 is 0 Å². The summed E-state index contributed by atoms with van der Waals surface area (Å²) in [5, 5.41) is 3.49. The van der Waals surface area contributed by atoms with Gasteiger partial charge in [-0.25, -0.2) is 15.0 Å². The van der Waals surface area contributed by atoms with Crippen LogP contribution in [0, 0.1) is 0 Å². The van der Waals surface area contributed by atoms with Crippen LogP contribution in [0.1, 0.15) is 22.3 Å². The number of pyridine rings is 1. The Morgan fingerprint density at radius 1 is 0.293 bits per heavy atom. The number of hydrogen-bond acceptors (Lipinski definition) is 3. The molecule has 0 atom stereocenters. The van der Waals surface area contributed by atoms with E-state index in [-0.39, 0.29) is 0 Å². The van der Waals surface area contributed by atoms with Gasteiger partial charge in [-0.2, -0.15) is 0 Å². The average Bonchev–Trinajstić information content (AvgIpc) is 3.29. The SMILES string of the molecule is c1ccc(-c2cc(-c3cccc(-c4nc5ccccc5c5cc6c(cc45)-c4ccccc4Cc4ccccc4-c4ccccc4C6)c3)nc(-c3ccccc3)n2)cc1. The normalized spacial score (nSPS) is 12.0. The summed E-state index contributed by atoms with van der Waals surface area (Å²) in [6.45, 7) is 0. The molecule has 0 fully saturated rings. The molecule has 0 radical (unpaired) electrons. The van der Waals surface area contributed by atoms with Crippen LogP contribution in [0.2, 0.25) is 0 Å². The summed E-state index contributed by atoms with van der Waals surface area (Å²) in [4.78, 5) is 15.7. The maximum atomic E-state index is 5.45. The summed E-state index contributed by atoms with van der Waals surface area (Å²) in [5.74, 6) is 0.699. The van der Waals surface area contributed by atoms with E-state index in [1.165, 1.54) is 49.9 Å². The first-order chi connectivity index (χ1) is 28.7. The molecule has 58 heavy (non-hydrogen) atoms. The zero-order valence-corrected chi connectivity index (χ0v) is 31.8. The maximum absolute atomic E-state index is 5.45. The van der Waals surface area contributed by atoms with Gasteiger partial charge in [0.2, 0.25) is 0 Å². The first-order valence-corrected chi connectivity index (χ1v) is 19.9. The smallest absolute Gasteiger partial charge is 0.160 e. The Morgan fingerprint density at radius 3 is 1.50 bits per heavy atom. The molecule has 8 aromatic carbocycles. The third-order valence-corrected chi connectivity index (χ3v) is 11.6. The molecule has 1 aliphatic carbocycles. The third kappa shape index (κ3) is 6.05. The molecule has 0 bridgehead atoms. The van der Waals surface area contributed by atoms with E-state index in [2.05, 4.69) is 176 Å². The number of aromatic nitrogens is 3. The molecule has 3 heteroatoms. The monoisotopic (exact) mass is 739 g/mol. The van der Waals surface area contributed by atoms with Gasteiger partial charge in [-0.1, -0.05) is 170 Å². The van der Waals surface area contributed by atoms with Crippen molar-refractivity contribution in [1.82, 2.24) is 15.0 Å². The third-order valence-electron chi connectivity index (χ3n) is 11.6. The molecule has 0 N–H and O–H groups in total. The standard InChI is InChI=1S/C55H37N3/c1-3-16-36(17-4-1)52-35-53(58-55(57-52)37-18-5-2-6-19-37)41-23-15-24-42(32-41)54-50-34-48-43(33-49(50)47-28-13-14-29-51(47)56-54)31-40-22-8-11-26-45(40)44-25-10-7-20-38(44)30-39-21-9-12-27-46(39)48/h1-29,32-35H,30-31H2. The lowest BCUT2D eigenvalue weighted by Crippen LogP contribution is -2.03. The van der Waals surface area contributed by atoms with Gasteiger partial charge in [-0.05, 0) is 93.1 Å². The molecule has 0 saturated heterocycles. The highest BCUT2D eigenvalue weighted by Crippen LogP contribution is 2.42. The highest BCUT2D eigenvalue weighted by Gasteiger charge is 2.21. The first kappa shape index (κ1) is 33.8. The van der Waals surface area contributed by atoms with Gasteiger partial charge in [0.05, 0.1) is 22.6 Å². The molecular weight excluding hydrogens is 703 g/mol. The second kappa shape index (κ2) is 14.2. The van der Waals surface area contributed by atoms with Gasteiger partial charge in [0.1, 0.15) is 0 Å². The lowest BCUT2D eigenvalue weighted by molar-refractivity contribution is 1.15. The van der Waals surface area contributed by atoms with E-state index in [1.54, 1.807) is 0 Å². The Bertz CT molecular complexity index is 3110. The summed E-state index contributed by atoms with van der Waals surface area (Å²) in [6, 6.07) is 71.6. The summed E-state index contributed by atoms with van der Waals surface area (Å²) in [6.07, 6.45) is 1.66. The topological polar surface area (TPSA) is 38.7 Å². The number of hydrogen-bond donors (Lipinski definition) is 0. The van der Waals surface area contributed by atoms with Gasteiger partial charge in [0.25, 0.3) is 0 Å². The van der Waals surface area contributed by atoms with E-state index < -0.39 is 0 Å². The molecule has 11 rings (SSSR count). The fraction of sp³-hybridized carbons (Fsp3) is 0.0364. The predicted molar refractivity (Wildman–Crippen MR) is 240 cm³/mol. The van der Waals surface area contributed by atoms with E-state index in [9.17, 15) is 0 Å². The molecule has 0 aliphatic heterocycles. The van der Waals surface area contributed by atoms with Crippen molar-refractivity contribution in [2.45, 2.75) is 12.8 Å². The fourth-order valence-electron chi connectivity index (χ4n) is 8.78. The quantitative estimate of drug-likeness (QED) is 0.169. The molecule has 0 unspecified atom stereocenters. The maximum Gasteiger partial charge on any atom is 0.160 e. The van der Waals surface area contributed by atoms with Crippen LogP contribution in [0.4, 0.5) is 0 Å². The van der Waals surface area contributed by atoms with Crippen LogP contribution in [-0.4, -0.2) is 15.0 Å². The van der Waals surface area contributed by atoms with Crippen LogP contribution in [0.25, 0.3) is 89.1 Å². The van der Waals surface area contributed by atoms with Crippen LogP contribution in [0.15, 0.2) is 200 Å². The van der Waals surface area contributed by atoms with Crippen molar-refractivity contribution in [2.24, 2.45) is 0 Å². The zero-order valence-electron chi connectivity index (χ0n) is 31.8. The summed E-state index contributed by atoms with van der Waals surface area (Å²) < 4.78 is 0. The molecule has 0 amide bonds. The van der Waals surface area contributed by atoms with Crippen molar-refractivity contribution in [3.05, 3.63) is 222 Å². The summed E-state index contributed by atoms with van der Waals surface area (Å²) in [5.41, 5.74) is 18.2. The second-order valence-corrected chi connectivity index (χ2v) is 15.1. The van der Waals surface area contributed by atoms with Crippen LogP contribution in [0.5, 0.6) is 0 Å². The summed E-state index contributed by atoms with van der Waals surface area (Å²) >= 11 is 0. The molecule has 3 nitrogen and oxygen atoms in total. The van der Waals surface area contributed by atoms with Crippen molar-refractivity contribution in [2.75, 3.05) is 0 Å². The van der Waals surface area contributed by atoms with Crippen LogP contribution in [-0.2, 0) is 12.8 Å². The van der Waals surface area contributed by atoms with Gasteiger partial charge in [-0.15, -0.1) is 0 Å². The van der Waals surface area contributed by atoms with E-state index in [0.717, 1.165) is 68.5 Å². The molecule has 2 heterocycles. The Hall–Kier alpha value is -7.49. The molecule has 1 aliphatic rings. The number of rotatable bonds is 4. The average molecular weight is 740 g/mol. The minimum absolute atomic E-state index is 0.699. The van der Waals surface area contributed by atoms with E-state index in [1.807, 2.05) is 24.3 Å². The van der Waals surface area contributed by atoms with E-state index in [4.69, 9.17) is 15.0 Å². The largest absolute Gasteiger partial charge is 0.247 e. The first-order valence-electron chi connectivity index (χ1n) is 19.9. The lowest BCUT2D eigenvalue weighted by Gasteiger charge is -2.22. The molecule has 0 spiro atoms. The van der Waals surface area contributed by atoms with Crippen molar-refractivity contribution in [3.8, 4) is 67.4 Å². The Labute approximate surface area is 338 Å². The Morgan fingerprint density at radius 2 is 0.810 bits per heavy atom. The number of para-hydroxylation sites is 1. The van der Waals surface area contributed by atoms with Crippen molar-refractivity contribution >= 4 is 21.7 Å². The molecule has 272 valence electrons.